The zero-order valence-corrected chi connectivity index (χ0v) is 23.2. The topological polar surface area (TPSA) is 114 Å². The number of rotatable bonds is 10. The lowest BCUT2D eigenvalue weighted by molar-refractivity contribution is -0.127. The average Bonchev–Trinajstić information content (AvgIpc) is 3.18. The summed E-state index contributed by atoms with van der Waals surface area (Å²) in [6, 6.07) is 19.6. The van der Waals surface area contributed by atoms with E-state index in [9.17, 15) is 19.2 Å². The molecule has 1 aliphatic rings. The number of hydrogen-bond donors (Lipinski definition) is 2. The van der Waals surface area contributed by atoms with Gasteiger partial charge >= 0.3 is 0 Å². The van der Waals surface area contributed by atoms with E-state index in [1.54, 1.807) is 48.5 Å². The molecule has 0 aromatic heterocycles. The van der Waals surface area contributed by atoms with E-state index in [0.29, 0.717) is 29.4 Å². The molecular weight excluding hydrogens is 530 g/mol. The Morgan fingerprint density at radius 3 is 2.42 bits per heavy atom. The summed E-state index contributed by atoms with van der Waals surface area (Å²) in [5.41, 5.74) is 3.86. The Kier molecular flexibility index (Phi) is 9.23. The lowest BCUT2D eigenvalue weighted by Crippen LogP contribution is -2.36. The Hall–Kier alpha value is -4.57. The highest BCUT2D eigenvalue weighted by Gasteiger charge is 2.36. The van der Waals surface area contributed by atoms with E-state index in [4.69, 9.17) is 9.47 Å². The number of thioether (sulfide) groups is 1. The lowest BCUT2D eigenvalue weighted by atomic mass is 10.1. The van der Waals surface area contributed by atoms with Crippen molar-refractivity contribution in [2.24, 2.45) is 0 Å². The zero-order valence-electron chi connectivity index (χ0n) is 22.4. The predicted octanol–water partition coefficient (Wildman–Crippen LogP) is 5.39. The minimum atomic E-state index is -0.556. The molecule has 0 unspecified atom stereocenters. The van der Waals surface area contributed by atoms with E-state index >= 15 is 0 Å². The smallest absolute Gasteiger partial charge is 0.294 e. The molecule has 2 N–H and O–H groups in total. The van der Waals surface area contributed by atoms with Gasteiger partial charge in [0.25, 0.3) is 17.1 Å². The molecule has 40 heavy (non-hydrogen) atoms. The van der Waals surface area contributed by atoms with Gasteiger partial charge in [0.2, 0.25) is 5.91 Å². The number of imide groups is 1. The van der Waals surface area contributed by atoms with Crippen molar-refractivity contribution in [3.05, 3.63) is 88.3 Å². The van der Waals surface area contributed by atoms with Gasteiger partial charge in [-0.2, -0.15) is 0 Å². The van der Waals surface area contributed by atoms with Crippen LogP contribution in [0, 0.1) is 13.8 Å². The van der Waals surface area contributed by atoms with Gasteiger partial charge in [0.1, 0.15) is 6.54 Å². The molecule has 4 amide bonds. The molecule has 0 saturated carbocycles. The lowest BCUT2D eigenvalue weighted by Gasteiger charge is -2.14. The van der Waals surface area contributed by atoms with Gasteiger partial charge in [0, 0.05) is 11.4 Å². The summed E-state index contributed by atoms with van der Waals surface area (Å²) >= 11 is 0.759. The second kappa shape index (κ2) is 13.0. The summed E-state index contributed by atoms with van der Waals surface area (Å²) in [6.45, 7) is 5.41. The number of carbonyl (C=O) groups excluding carboxylic acids is 4. The summed E-state index contributed by atoms with van der Waals surface area (Å²) in [7, 11) is 0. The van der Waals surface area contributed by atoms with Crippen molar-refractivity contribution >= 4 is 52.2 Å². The highest BCUT2D eigenvalue weighted by molar-refractivity contribution is 8.18. The molecule has 0 bridgehead atoms. The predicted molar refractivity (Wildman–Crippen MR) is 155 cm³/mol. The molecule has 10 heteroatoms. The maximum atomic E-state index is 12.9. The second-order valence-corrected chi connectivity index (χ2v) is 9.97. The van der Waals surface area contributed by atoms with E-state index < -0.39 is 23.6 Å². The normalized spacial score (nSPS) is 13.9. The highest BCUT2D eigenvalue weighted by Crippen LogP contribution is 2.34. The van der Waals surface area contributed by atoms with Crippen molar-refractivity contribution in [1.82, 2.24) is 4.90 Å². The Labute approximate surface area is 236 Å². The minimum absolute atomic E-state index is 0.182. The van der Waals surface area contributed by atoms with E-state index in [1.165, 1.54) is 0 Å². The number of aryl methyl sites for hydroxylation is 2. The van der Waals surface area contributed by atoms with Crippen LogP contribution in [0.1, 0.15) is 23.6 Å². The number of ether oxygens (including phenoxy) is 2. The molecule has 0 atom stereocenters. The fourth-order valence-electron chi connectivity index (χ4n) is 3.86. The summed E-state index contributed by atoms with van der Waals surface area (Å²) in [5.74, 6) is -0.598. The first-order valence-corrected chi connectivity index (χ1v) is 13.4. The summed E-state index contributed by atoms with van der Waals surface area (Å²) in [6.07, 6.45) is 1.56. The average molecular weight is 560 g/mol. The van der Waals surface area contributed by atoms with Gasteiger partial charge < -0.3 is 20.1 Å². The van der Waals surface area contributed by atoms with Crippen molar-refractivity contribution in [1.29, 1.82) is 0 Å². The third kappa shape index (κ3) is 7.29. The van der Waals surface area contributed by atoms with E-state index in [0.717, 1.165) is 33.5 Å². The van der Waals surface area contributed by atoms with Crippen LogP contribution in [0.4, 0.5) is 16.2 Å². The zero-order chi connectivity index (χ0) is 28.6. The van der Waals surface area contributed by atoms with Gasteiger partial charge in [-0.3, -0.25) is 24.1 Å². The molecule has 206 valence electrons. The van der Waals surface area contributed by atoms with Crippen LogP contribution in [0.3, 0.4) is 0 Å². The molecule has 0 aliphatic carbocycles. The fraction of sp³-hybridized carbons (Fsp3) is 0.200. The van der Waals surface area contributed by atoms with Crippen molar-refractivity contribution in [2.75, 3.05) is 30.4 Å². The molecular formula is C30H29N3O6S. The highest BCUT2D eigenvalue weighted by atomic mass is 32.2. The maximum Gasteiger partial charge on any atom is 0.294 e. The van der Waals surface area contributed by atoms with Crippen LogP contribution in [-0.4, -0.2) is 47.6 Å². The van der Waals surface area contributed by atoms with Gasteiger partial charge in [-0.25, -0.2) is 0 Å². The first-order chi connectivity index (χ1) is 19.2. The third-order valence-corrected chi connectivity index (χ3v) is 6.73. The SMILES string of the molecule is CCOc1cc(/C=C2\SC(=O)N(CC(=O)Nc3ccccc3)C2=O)ccc1OCC(=O)Nc1cc(C)ccc1C. The summed E-state index contributed by atoms with van der Waals surface area (Å²) in [5, 5.41) is 4.99. The largest absolute Gasteiger partial charge is 0.490 e. The molecule has 9 nitrogen and oxygen atoms in total. The van der Waals surface area contributed by atoms with Crippen LogP contribution in [0.15, 0.2) is 71.6 Å². The van der Waals surface area contributed by atoms with E-state index in [-0.39, 0.29) is 17.4 Å². The number of anilines is 2. The third-order valence-electron chi connectivity index (χ3n) is 5.82. The second-order valence-electron chi connectivity index (χ2n) is 8.98. The van der Waals surface area contributed by atoms with E-state index in [1.807, 2.05) is 45.0 Å². The van der Waals surface area contributed by atoms with Gasteiger partial charge in [0.15, 0.2) is 18.1 Å². The molecule has 3 aromatic rings. The number of amides is 4. The Bertz CT molecular complexity index is 1470. The van der Waals surface area contributed by atoms with Crippen molar-refractivity contribution < 1.29 is 28.7 Å². The minimum Gasteiger partial charge on any atom is -0.490 e. The fourth-order valence-corrected chi connectivity index (χ4v) is 4.69. The molecule has 1 aliphatic heterocycles. The van der Waals surface area contributed by atoms with Crippen molar-refractivity contribution in [2.45, 2.75) is 20.8 Å². The van der Waals surface area contributed by atoms with Crippen molar-refractivity contribution in [3.8, 4) is 11.5 Å². The number of nitrogens with one attached hydrogen (secondary N) is 2. The number of carbonyl (C=O) groups is 4. The molecule has 4 rings (SSSR count). The maximum absolute atomic E-state index is 12.9. The number of para-hydroxylation sites is 1. The van der Waals surface area contributed by atoms with Gasteiger partial charge in [-0.05, 0) is 85.6 Å². The van der Waals surface area contributed by atoms with Gasteiger partial charge in [0.05, 0.1) is 11.5 Å². The number of benzene rings is 3. The molecule has 1 saturated heterocycles. The molecule has 1 fully saturated rings. The van der Waals surface area contributed by atoms with Gasteiger partial charge in [-0.15, -0.1) is 0 Å². The molecule has 3 aromatic carbocycles. The van der Waals surface area contributed by atoms with Crippen molar-refractivity contribution in [3.63, 3.8) is 0 Å². The molecule has 1 heterocycles. The Morgan fingerprint density at radius 2 is 1.68 bits per heavy atom. The number of hydrogen-bond acceptors (Lipinski definition) is 7. The summed E-state index contributed by atoms with van der Waals surface area (Å²) in [4.78, 5) is 51.3. The van der Waals surface area contributed by atoms with E-state index in [2.05, 4.69) is 10.6 Å². The van der Waals surface area contributed by atoms with Crippen LogP contribution in [0.5, 0.6) is 11.5 Å². The van der Waals surface area contributed by atoms with Crippen LogP contribution >= 0.6 is 11.8 Å². The standard InChI is InChI=1S/C30H29N3O6S/c1-4-38-25-15-21(12-13-24(25)39-18-28(35)32-23-14-19(2)10-11-20(23)3)16-26-29(36)33(30(37)40-26)17-27(34)31-22-8-6-5-7-9-22/h5-16H,4,17-18H2,1-3H3,(H,31,34)(H,32,35)/b26-16-. The molecule has 0 radical (unpaired) electrons. The monoisotopic (exact) mass is 559 g/mol. The first kappa shape index (κ1) is 28.4. The van der Waals surface area contributed by atoms with Crippen LogP contribution in [-0.2, 0) is 14.4 Å². The Balaban J connectivity index is 1.41. The Morgan fingerprint density at radius 1 is 0.900 bits per heavy atom. The summed E-state index contributed by atoms with van der Waals surface area (Å²) < 4.78 is 11.4. The van der Waals surface area contributed by atoms with Crippen LogP contribution in [0.2, 0.25) is 0 Å². The number of nitrogens with zero attached hydrogens (tertiary/aromatic N) is 1. The first-order valence-electron chi connectivity index (χ1n) is 12.6. The molecule has 0 spiro atoms. The van der Waals surface area contributed by atoms with Gasteiger partial charge in [-0.1, -0.05) is 36.4 Å². The quantitative estimate of drug-likeness (QED) is 0.320. The van der Waals surface area contributed by atoms with Crippen LogP contribution < -0.4 is 20.1 Å². The van der Waals surface area contributed by atoms with Crippen LogP contribution in [0.25, 0.3) is 6.08 Å².